The summed E-state index contributed by atoms with van der Waals surface area (Å²) in [6.07, 6.45) is -2.68. The van der Waals surface area contributed by atoms with E-state index in [-0.39, 0.29) is 17.0 Å². The lowest BCUT2D eigenvalue weighted by Crippen LogP contribution is -2.37. The number of aromatic nitrogens is 3. The summed E-state index contributed by atoms with van der Waals surface area (Å²) in [5.41, 5.74) is 0.683. The maximum Gasteiger partial charge on any atom is 0.265 e. The fourth-order valence-electron chi connectivity index (χ4n) is 3.14. The number of anilines is 4. The normalized spacial score (nSPS) is 13.7. The lowest BCUT2D eigenvalue weighted by molar-refractivity contribution is -0.113. The number of amides is 1. The van der Waals surface area contributed by atoms with Gasteiger partial charge in [-0.3, -0.25) is 4.79 Å². The summed E-state index contributed by atoms with van der Waals surface area (Å²) in [6, 6.07) is 15.3. The number of carbonyl (C=O) groups excluding carboxylic acids is 1. The Hall–Kier alpha value is -3.31. The Morgan fingerprint density at radius 1 is 1.03 bits per heavy atom. The van der Waals surface area contributed by atoms with E-state index in [1.165, 1.54) is 18.2 Å². The third kappa shape index (κ3) is 6.36. The summed E-state index contributed by atoms with van der Waals surface area (Å²) in [4.78, 5) is 27.9. The Morgan fingerprint density at radius 3 is 2.52 bits per heavy atom. The van der Waals surface area contributed by atoms with Crippen molar-refractivity contribution in [2.75, 3.05) is 47.6 Å². The lowest BCUT2D eigenvalue weighted by Gasteiger charge is -2.27. The third-order valence-corrected chi connectivity index (χ3v) is 5.58. The number of para-hydroxylation sites is 2. The van der Waals surface area contributed by atoms with Crippen LogP contribution in [0.5, 0.6) is 0 Å². The Labute approximate surface area is 193 Å². The van der Waals surface area contributed by atoms with E-state index in [0.29, 0.717) is 43.4 Å². The van der Waals surface area contributed by atoms with Gasteiger partial charge in [0.25, 0.3) is 6.43 Å². The summed E-state index contributed by atoms with van der Waals surface area (Å²) in [5.74, 6) is 0.356. The topological polar surface area (TPSA) is 92.3 Å². The molecule has 1 aliphatic heterocycles. The predicted octanol–water partition coefficient (Wildman–Crippen LogP) is 4.12. The summed E-state index contributed by atoms with van der Waals surface area (Å²) >= 11 is 1.11. The Kier molecular flexibility index (Phi) is 7.63. The van der Waals surface area contributed by atoms with Crippen LogP contribution < -0.4 is 15.5 Å². The monoisotopic (exact) mass is 472 g/mol. The van der Waals surface area contributed by atoms with Crippen molar-refractivity contribution < 1.29 is 18.3 Å². The molecule has 3 aromatic rings. The van der Waals surface area contributed by atoms with Crippen LogP contribution in [0.15, 0.2) is 59.8 Å². The number of carbonyl (C=O) groups is 1. The largest absolute Gasteiger partial charge is 0.378 e. The molecule has 2 aromatic carbocycles. The first-order valence-corrected chi connectivity index (χ1v) is 11.3. The smallest absolute Gasteiger partial charge is 0.265 e. The second-order valence-corrected chi connectivity index (χ2v) is 8.00. The van der Waals surface area contributed by atoms with Crippen molar-refractivity contribution in [1.82, 2.24) is 15.0 Å². The number of rotatable bonds is 8. The van der Waals surface area contributed by atoms with Gasteiger partial charge in [0.15, 0.2) is 5.16 Å². The molecule has 0 bridgehead atoms. The fraction of sp³-hybridized carbons (Fsp3) is 0.273. The van der Waals surface area contributed by atoms with E-state index in [2.05, 4.69) is 25.6 Å². The van der Waals surface area contributed by atoms with Gasteiger partial charge < -0.3 is 20.3 Å². The molecule has 2 heterocycles. The molecular formula is C22H22F2N6O2S. The molecule has 0 unspecified atom stereocenters. The highest BCUT2D eigenvalue weighted by molar-refractivity contribution is 7.99. The number of nitrogens with zero attached hydrogens (tertiary/aromatic N) is 4. The van der Waals surface area contributed by atoms with Gasteiger partial charge in [-0.15, -0.1) is 0 Å². The second kappa shape index (κ2) is 11.0. The minimum Gasteiger partial charge on any atom is -0.378 e. The average molecular weight is 473 g/mol. The van der Waals surface area contributed by atoms with Gasteiger partial charge in [-0.25, -0.2) is 8.78 Å². The zero-order valence-corrected chi connectivity index (χ0v) is 18.4. The molecular weight excluding hydrogens is 450 g/mol. The second-order valence-electron chi connectivity index (χ2n) is 7.06. The number of hydrogen-bond donors (Lipinski definition) is 2. The van der Waals surface area contributed by atoms with Gasteiger partial charge in [-0.2, -0.15) is 15.0 Å². The van der Waals surface area contributed by atoms with Crippen LogP contribution in [0.25, 0.3) is 0 Å². The van der Waals surface area contributed by atoms with E-state index in [1.807, 2.05) is 35.2 Å². The van der Waals surface area contributed by atoms with Gasteiger partial charge in [-0.1, -0.05) is 48.2 Å². The first-order chi connectivity index (χ1) is 16.1. The molecule has 4 rings (SSSR count). The van der Waals surface area contributed by atoms with Crippen molar-refractivity contribution in [2.45, 2.75) is 11.6 Å². The number of thioether (sulfide) groups is 1. The summed E-state index contributed by atoms with van der Waals surface area (Å²) in [6.45, 7) is 2.43. The molecule has 8 nitrogen and oxygen atoms in total. The number of nitrogens with one attached hydrogen (secondary N) is 2. The summed E-state index contributed by atoms with van der Waals surface area (Å²) < 4.78 is 31.7. The molecule has 1 aromatic heterocycles. The standard InChI is InChI=1S/C22H22F2N6O2S/c23-19(24)16-8-4-5-9-17(16)26-18(31)14-33-22-28-20(25-15-6-2-1-3-7-15)27-21(29-22)30-10-12-32-13-11-30/h1-9,19H,10-14H2,(H,26,31)(H,25,27,28,29). The minimum absolute atomic E-state index is 0.0467. The number of hydrogen-bond acceptors (Lipinski definition) is 8. The molecule has 0 atom stereocenters. The van der Waals surface area contributed by atoms with Crippen LogP contribution in [0.1, 0.15) is 12.0 Å². The van der Waals surface area contributed by atoms with E-state index < -0.39 is 12.3 Å². The van der Waals surface area contributed by atoms with Crippen LogP contribution >= 0.6 is 11.8 Å². The van der Waals surface area contributed by atoms with Gasteiger partial charge in [0.05, 0.1) is 19.0 Å². The number of halogens is 2. The molecule has 2 N–H and O–H groups in total. The zero-order valence-electron chi connectivity index (χ0n) is 17.6. The summed E-state index contributed by atoms with van der Waals surface area (Å²) in [7, 11) is 0. The van der Waals surface area contributed by atoms with Crippen molar-refractivity contribution >= 4 is 40.9 Å². The summed E-state index contributed by atoms with van der Waals surface area (Å²) in [5, 5.41) is 6.04. The maximum atomic E-state index is 13.2. The molecule has 0 radical (unpaired) electrons. The molecule has 11 heteroatoms. The average Bonchev–Trinajstić information content (AvgIpc) is 2.84. The molecule has 0 aliphatic carbocycles. The van der Waals surface area contributed by atoms with Crippen LogP contribution in [-0.4, -0.2) is 52.9 Å². The van der Waals surface area contributed by atoms with Crippen molar-refractivity contribution in [3.63, 3.8) is 0 Å². The van der Waals surface area contributed by atoms with Gasteiger partial charge in [-0.05, 0) is 18.2 Å². The molecule has 0 spiro atoms. The fourth-order valence-corrected chi connectivity index (χ4v) is 3.77. The van der Waals surface area contributed by atoms with E-state index in [9.17, 15) is 13.6 Å². The lowest BCUT2D eigenvalue weighted by atomic mass is 10.2. The van der Waals surface area contributed by atoms with Crippen molar-refractivity contribution in [1.29, 1.82) is 0 Å². The van der Waals surface area contributed by atoms with E-state index >= 15 is 0 Å². The number of morpholine rings is 1. The molecule has 1 amide bonds. The first-order valence-electron chi connectivity index (χ1n) is 10.3. The highest BCUT2D eigenvalue weighted by Gasteiger charge is 2.18. The highest BCUT2D eigenvalue weighted by Crippen LogP contribution is 2.27. The van der Waals surface area contributed by atoms with Crippen LogP contribution in [0.4, 0.5) is 32.1 Å². The number of ether oxygens (including phenoxy) is 1. The van der Waals surface area contributed by atoms with Crippen molar-refractivity contribution in [3.05, 3.63) is 60.2 Å². The van der Waals surface area contributed by atoms with Gasteiger partial charge in [0.2, 0.25) is 17.8 Å². The Bertz CT molecular complexity index is 1080. The molecule has 1 aliphatic rings. The van der Waals surface area contributed by atoms with Gasteiger partial charge in [0, 0.05) is 30.0 Å². The molecule has 33 heavy (non-hydrogen) atoms. The zero-order chi connectivity index (χ0) is 23.0. The van der Waals surface area contributed by atoms with Gasteiger partial charge in [0.1, 0.15) is 0 Å². The maximum absolute atomic E-state index is 13.2. The Morgan fingerprint density at radius 2 is 1.76 bits per heavy atom. The highest BCUT2D eigenvalue weighted by atomic mass is 32.2. The third-order valence-electron chi connectivity index (χ3n) is 4.73. The van der Waals surface area contributed by atoms with Crippen LogP contribution in [-0.2, 0) is 9.53 Å². The van der Waals surface area contributed by atoms with E-state index in [0.717, 1.165) is 17.4 Å². The molecule has 1 fully saturated rings. The van der Waals surface area contributed by atoms with Crippen LogP contribution in [0, 0.1) is 0 Å². The van der Waals surface area contributed by atoms with E-state index in [4.69, 9.17) is 4.74 Å². The van der Waals surface area contributed by atoms with Crippen LogP contribution in [0.3, 0.4) is 0 Å². The quantitative estimate of drug-likeness (QED) is 0.473. The molecule has 0 saturated carbocycles. The van der Waals surface area contributed by atoms with Crippen LogP contribution in [0.2, 0.25) is 0 Å². The molecule has 1 saturated heterocycles. The minimum atomic E-state index is -2.68. The van der Waals surface area contributed by atoms with Gasteiger partial charge >= 0.3 is 0 Å². The number of benzene rings is 2. The van der Waals surface area contributed by atoms with Crippen molar-refractivity contribution in [3.8, 4) is 0 Å². The number of alkyl halides is 2. The first kappa shape index (κ1) is 22.9. The molecule has 172 valence electrons. The van der Waals surface area contributed by atoms with E-state index in [1.54, 1.807) is 6.07 Å². The Balaban J connectivity index is 1.48. The van der Waals surface area contributed by atoms with Crippen molar-refractivity contribution in [2.24, 2.45) is 0 Å². The predicted molar refractivity (Wildman–Crippen MR) is 123 cm³/mol. The SMILES string of the molecule is O=C(CSc1nc(Nc2ccccc2)nc(N2CCOCC2)n1)Nc1ccccc1C(F)F.